The van der Waals surface area contributed by atoms with Gasteiger partial charge in [0.1, 0.15) is 11.5 Å². The van der Waals surface area contributed by atoms with Crippen LogP contribution in [-0.4, -0.2) is 34.7 Å². The molecular formula is C13H17BrFN7OS. The molecule has 0 atom stereocenters. The van der Waals surface area contributed by atoms with Crippen molar-refractivity contribution in [1.29, 1.82) is 5.41 Å². The molecule has 0 radical (unpaired) electrons. The number of hydrogen-bond donors (Lipinski definition) is 6. The molecule has 0 amide bonds. The molecule has 1 aromatic carbocycles. The van der Waals surface area contributed by atoms with Gasteiger partial charge >= 0.3 is 0 Å². The lowest BCUT2D eigenvalue weighted by atomic mass is 10.2. The average molecular weight is 418 g/mol. The van der Waals surface area contributed by atoms with E-state index in [4.69, 9.17) is 16.3 Å². The standard InChI is InChI=1S/C13H17BrFN7OS/c14-8-5-7(1-2-9(8)15)20-11(17)10(16)12(21-23)19-6-13(3-4-13)22-24-18/h1-2,5,16,22-23H,3-4,6,18H2,(H2,17,20)(H,19,21). The van der Waals surface area contributed by atoms with Gasteiger partial charge in [0.25, 0.3) is 0 Å². The monoisotopic (exact) mass is 417 g/mol. The van der Waals surface area contributed by atoms with Crippen LogP contribution in [0.15, 0.2) is 32.7 Å². The van der Waals surface area contributed by atoms with Crippen LogP contribution in [0.1, 0.15) is 12.8 Å². The Labute approximate surface area is 150 Å². The molecule has 0 aliphatic heterocycles. The first-order chi connectivity index (χ1) is 11.4. The fourth-order valence-corrected chi connectivity index (χ4v) is 2.73. The van der Waals surface area contributed by atoms with Crippen LogP contribution in [0, 0.1) is 11.2 Å². The number of halogens is 2. The van der Waals surface area contributed by atoms with Crippen LogP contribution in [0.2, 0.25) is 0 Å². The molecular weight excluding hydrogens is 401 g/mol. The molecule has 11 heteroatoms. The molecule has 1 aliphatic carbocycles. The van der Waals surface area contributed by atoms with Gasteiger partial charge in [-0.1, -0.05) is 0 Å². The summed E-state index contributed by atoms with van der Waals surface area (Å²) in [7, 11) is 0. The molecule has 24 heavy (non-hydrogen) atoms. The van der Waals surface area contributed by atoms with Crippen LogP contribution in [0.4, 0.5) is 10.1 Å². The predicted octanol–water partition coefficient (Wildman–Crippen LogP) is 1.62. The van der Waals surface area contributed by atoms with Crippen LogP contribution in [0.3, 0.4) is 0 Å². The minimum Gasteiger partial charge on any atom is -0.382 e. The summed E-state index contributed by atoms with van der Waals surface area (Å²) in [5.41, 5.74) is 7.51. The van der Waals surface area contributed by atoms with Crippen molar-refractivity contribution < 1.29 is 9.60 Å². The Hall–Kier alpha value is -1.53. The second-order valence-corrected chi connectivity index (χ2v) is 6.54. The molecule has 0 heterocycles. The van der Waals surface area contributed by atoms with Crippen LogP contribution in [0.5, 0.6) is 0 Å². The molecule has 2 rings (SSSR count). The Morgan fingerprint density at radius 2 is 2.21 bits per heavy atom. The van der Waals surface area contributed by atoms with Gasteiger partial charge in [-0.2, -0.15) is 0 Å². The summed E-state index contributed by atoms with van der Waals surface area (Å²) in [6, 6.07) is 4.08. The zero-order valence-electron chi connectivity index (χ0n) is 12.5. The number of nitrogens with zero attached hydrogens (tertiary/aromatic N) is 2. The van der Waals surface area contributed by atoms with Gasteiger partial charge in [0.15, 0.2) is 11.7 Å². The lowest BCUT2D eigenvalue weighted by molar-refractivity contribution is 0.236. The quantitative estimate of drug-likeness (QED) is 0.172. The molecule has 0 unspecified atom stereocenters. The summed E-state index contributed by atoms with van der Waals surface area (Å²) in [5, 5.41) is 22.6. The Bertz CT molecular complexity index is 693. The highest BCUT2D eigenvalue weighted by molar-refractivity contribution is 9.10. The number of nitrogens with one attached hydrogen (secondary N) is 3. The maximum atomic E-state index is 13.2. The number of rotatable bonds is 7. The van der Waals surface area contributed by atoms with Crippen molar-refractivity contribution in [3.05, 3.63) is 28.5 Å². The van der Waals surface area contributed by atoms with E-state index in [1.54, 1.807) is 0 Å². The van der Waals surface area contributed by atoms with E-state index in [1.165, 1.54) is 18.2 Å². The molecule has 1 fully saturated rings. The van der Waals surface area contributed by atoms with Gasteiger partial charge in [-0.05, 0) is 47.0 Å². The van der Waals surface area contributed by atoms with E-state index in [9.17, 15) is 9.60 Å². The summed E-state index contributed by atoms with van der Waals surface area (Å²) < 4.78 is 16.5. The van der Waals surface area contributed by atoms with E-state index in [2.05, 4.69) is 30.6 Å². The zero-order valence-corrected chi connectivity index (χ0v) is 14.9. The summed E-state index contributed by atoms with van der Waals surface area (Å²) in [4.78, 5) is 8.19. The molecule has 8 N–H and O–H groups in total. The van der Waals surface area contributed by atoms with Crippen molar-refractivity contribution in [2.24, 2.45) is 20.9 Å². The van der Waals surface area contributed by atoms with E-state index >= 15 is 0 Å². The predicted molar refractivity (Wildman–Crippen MR) is 97.2 cm³/mol. The van der Waals surface area contributed by atoms with Gasteiger partial charge in [0.05, 0.1) is 16.7 Å². The third-order valence-electron chi connectivity index (χ3n) is 3.42. The maximum absolute atomic E-state index is 13.2. The van der Waals surface area contributed by atoms with E-state index in [-0.39, 0.29) is 27.4 Å². The maximum Gasteiger partial charge on any atom is 0.174 e. The molecule has 0 bridgehead atoms. The lowest BCUT2D eigenvalue weighted by Crippen LogP contribution is -2.39. The summed E-state index contributed by atoms with van der Waals surface area (Å²) in [5.74, 6) is -0.700. The Kier molecular flexibility index (Phi) is 6.29. The van der Waals surface area contributed by atoms with Crippen molar-refractivity contribution in [1.82, 2.24) is 10.2 Å². The van der Waals surface area contributed by atoms with Gasteiger partial charge < -0.3 is 5.73 Å². The lowest BCUT2D eigenvalue weighted by Gasteiger charge is -2.13. The van der Waals surface area contributed by atoms with E-state index in [0.29, 0.717) is 12.2 Å². The molecule has 130 valence electrons. The first-order valence-corrected chi connectivity index (χ1v) is 8.54. The fourth-order valence-electron chi connectivity index (χ4n) is 1.84. The average Bonchev–Trinajstić information content (AvgIpc) is 3.31. The van der Waals surface area contributed by atoms with Crippen molar-refractivity contribution in [2.45, 2.75) is 18.4 Å². The molecule has 1 saturated carbocycles. The minimum atomic E-state index is -0.429. The van der Waals surface area contributed by atoms with Crippen LogP contribution < -0.4 is 21.1 Å². The first kappa shape index (κ1) is 18.8. The Morgan fingerprint density at radius 1 is 1.50 bits per heavy atom. The SMILES string of the molecule is N=C(C(N)=Nc1ccc(F)c(Br)c1)C(=NCC1(NSN)CC1)NO. The molecule has 1 aliphatic rings. The summed E-state index contributed by atoms with van der Waals surface area (Å²) >= 11 is 4.06. The highest BCUT2D eigenvalue weighted by Gasteiger charge is 2.42. The molecule has 1 aromatic rings. The topological polar surface area (TPSA) is 145 Å². The van der Waals surface area contributed by atoms with Gasteiger partial charge in [-0.25, -0.2) is 14.1 Å². The van der Waals surface area contributed by atoms with Crippen LogP contribution >= 0.6 is 28.1 Å². The number of amidine groups is 2. The number of hydrogen-bond acceptors (Lipinski definition) is 7. The highest BCUT2D eigenvalue weighted by atomic mass is 79.9. The number of benzene rings is 1. The molecule has 8 nitrogen and oxygen atoms in total. The second kappa shape index (κ2) is 8.03. The van der Waals surface area contributed by atoms with Crippen molar-refractivity contribution in [3.8, 4) is 0 Å². The summed E-state index contributed by atoms with van der Waals surface area (Å²) in [6.45, 7) is 0.331. The van der Waals surface area contributed by atoms with Gasteiger partial charge in [0, 0.05) is 17.7 Å². The summed E-state index contributed by atoms with van der Waals surface area (Å²) in [6.07, 6.45) is 1.81. The van der Waals surface area contributed by atoms with Gasteiger partial charge in [-0.3, -0.25) is 26.2 Å². The minimum absolute atomic E-state index is 0.104. The molecule has 0 spiro atoms. The van der Waals surface area contributed by atoms with E-state index < -0.39 is 5.82 Å². The van der Waals surface area contributed by atoms with Gasteiger partial charge in [0.2, 0.25) is 0 Å². The van der Waals surface area contributed by atoms with Crippen LogP contribution in [-0.2, 0) is 0 Å². The van der Waals surface area contributed by atoms with Crippen molar-refractivity contribution in [2.75, 3.05) is 6.54 Å². The van der Waals surface area contributed by atoms with E-state index in [0.717, 1.165) is 25.0 Å². The largest absolute Gasteiger partial charge is 0.382 e. The zero-order chi connectivity index (χ0) is 17.7. The third-order valence-corrected chi connectivity index (χ3v) is 4.58. The van der Waals surface area contributed by atoms with E-state index in [1.807, 2.05) is 5.48 Å². The fraction of sp³-hybridized carbons (Fsp3) is 0.308. The Morgan fingerprint density at radius 3 is 2.75 bits per heavy atom. The normalized spacial score (nSPS) is 16.8. The van der Waals surface area contributed by atoms with Crippen LogP contribution in [0.25, 0.3) is 0 Å². The smallest absolute Gasteiger partial charge is 0.174 e. The third kappa shape index (κ3) is 4.74. The van der Waals surface area contributed by atoms with Crippen molar-refractivity contribution in [3.63, 3.8) is 0 Å². The first-order valence-electron chi connectivity index (χ1n) is 6.87. The number of nitrogens with two attached hydrogens (primary N) is 2. The Balaban J connectivity index is 2.11. The van der Waals surface area contributed by atoms with Crippen molar-refractivity contribution >= 4 is 51.1 Å². The molecule has 0 aromatic heterocycles. The number of aliphatic imine (C=N–C) groups is 2. The highest BCUT2D eigenvalue weighted by Crippen LogP contribution is 2.36. The number of hydroxylamine groups is 1. The second-order valence-electron chi connectivity index (χ2n) is 5.25. The molecule has 0 saturated heterocycles. The van der Waals surface area contributed by atoms with Gasteiger partial charge in [-0.15, -0.1) is 0 Å².